The van der Waals surface area contributed by atoms with Gasteiger partial charge in [0, 0.05) is 12.1 Å². The Morgan fingerprint density at radius 3 is 2.38 bits per heavy atom. The van der Waals surface area contributed by atoms with Crippen LogP contribution in [-0.4, -0.2) is 28.8 Å². The second kappa shape index (κ2) is 7.75. The normalized spacial score (nSPS) is 11.0. The third-order valence-electron chi connectivity index (χ3n) is 3.86. The van der Waals surface area contributed by atoms with Gasteiger partial charge < -0.3 is 9.15 Å². The fraction of sp³-hybridized carbons (Fsp3) is 0.263. The molecule has 3 aromatic rings. The standard InChI is InChI=1S/C19H21N3O2/c1-3-22(13-15-7-5-4-6-8-15)14-18-20-21-19(24-18)16-9-11-17(23-2)12-10-16/h4-12H,3,13-14H2,1-2H3. The number of nitrogens with zero attached hydrogens (tertiary/aromatic N) is 3. The number of methoxy groups -OCH3 is 1. The number of benzene rings is 2. The van der Waals surface area contributed by atoms with Crippen molar-refractivity contribution in [2.24, 2.45) is 0 Å². The van der Waals surface area contributed by atoms with E-state index in [0.717, 1.165) is 24.4 Å². The lowest BCUT2D eigenvalue weighted by molar-refractivity contribution is 0.243. The summed E-state index contributed by atoms with van der Waals surface area (Å²) in [6.45, 7) is 4.53. The highest BCUT2D eigenvalue weighted by Crippen LogP contribution is 2.21. The number of ether oxygens (including phenoxy) is 1. The largest absolute Gasteiger partial charge is 0.497 e. The molecule has 0 aliphatic rings. The molecule has 5 heteroatoms. The fourth-order valence-electron chi connectivity index (χ4n) is 2.48. The zero-order valence-corrected chi connectivity index (χ0v) is 14.0. The van der Waals surface area contributed by atoms with Gasteiger partial charge >= 0.3 is 0 Å². The van der Waals surface area contributed by atoms with Crippen molar-refractivity contribution >= 4 is 0 Å². The molecular formula is C19H21N3O2. The molecule has 0 fully saturated rings. The number of hydrogen-bond donors (Lipinski definition) is 0. The lowest BCUT2D eigenvalue weighted by Gasteiger charge is -2.18. The van der Waals surface area contributed by atoms with Gasteiger partial charge in [-0.2, -0.15) is 0 Å². The third-order valence-corrected chi connectivity index (χ3v) is 3.86. The minimum absolute atomic E-state index is 0.531. The topological polar surface area (TPSA) is 51.4 Å². The van der Waals surface area contributed by atoms with Crippen molar-refractivity contribution in [1.82, 2.24) is 15.1 Å². The monoisotopic (exact) mass is 323 g/mol. The lowest BCUT2D eigenvalue weighted by Crippen LogP contribution is -2.22. The molecule has 2 aromatic carbocycles. The van der Waals surface area contributed by atoms with Gasteiger partial charge in [-0.15, -0.1) is 10.2 Å². The highest BCUT2D eigenvalue weighted by Gasteiger charge is 2.12. The van der Waals surface area contributed by atoms with E-state index in [1.165, 1.54) is 5.56 Å². The van der Waals surface area contributed by atoms with Crippen LogP contribution in [0, 0.1) is 0 Å². The van der Waals surface area contributed by atoms with Gasteiger partial charge in [0.1, 0.15) is 5.75 Å². The maximum Gasteiger partial charge on any atom is 0.247 e. The first-order valence-electron chi connectivity index (χ1n) is 8.01. The SMILES string of the molecule is CCN(Cc1ccccc1)Cc1nnc(-c2ccc(OC)cc2)o1. The summed E-state index contributed by atoms with van der Waals surface area (Å²) in [4.78, 5) is 2.26. The molecule has 0 saturated heterocycles. The molecule has 0 radical (unpaired) electrons. The summed E-state index contributed by atoms with van der Waals surface area (Å²) < 4.78 is 11.0. The van der Waals surface area contributed by atoms with E-state index >= 15 is 0 Å². The van der Waals surface area contributed by atoms with Gasteiger partial charge in [-0.3, -0.25) is 4.90 Å². The minimum Gasteiger partial charge on any atom is -0.497 e. The van der Waals surface area contributed by atoms with E-state index in [1.54, 1.807) is 7.11 Å². The van der Waals surface area contributed by atoms with Gasteiger partial charge in [0.15, 0.2) is 0 Å². The van der Waals surface area contributed by atoms with Gasteiger partial charge in [-0.1, -0.05) is 37.3 Å². The fourth-order valence-corrected chi connectivity index (χ4v) is 2.48. The Bertz CT molecular complexity index is 754. The molecule has 5 nitrogen and oxygen atoms in total. The highest BCUT2D eigenvalue weighted by atomic mass is 16.5. The quantitative estimate of drug-likeness (QED) is 0.662. The Kier molecular flexibility index (Phi) is 5.23. The van der Waals surface area contributed by atoms with E-state index in [-0.39, 0.29) is 0 Å². The van der Waals surface area contributed by atoms with Gasteiger partial charge in [0.2, 0.25) is 11.8 Å². The molecule has 0 unspecified atom stereocenters. The first kappa shape index (κ1) is 16.2. The summed E-state index contributed by atoms with van der Waals surface area (Å²) in [5, 5.41) is 8.33. The zero-order valence-electron chi connectivity index (χ0n) is 14.0. The smallest absolute Gasteiger partial charge is 0.247 e. The molecule has 124 valence electrons. The highest BCUT2D eigenvalue weighted by molar-refractivity contribution is 5.53. The Labute approximate surface area is 141 Å². The molecule has 0 bridgehead atoms. The van der Waals surface area contributed by atoms with Crippen LogP contribution in [0.4, 0.5) is 0 Å². The Morgan fingerprint density at radius 2 is 1.71 bits per heavy atom. The van der Waals surface area contributed by atoms with Crippen LogP contribution in [-0.2, 0) is 13.1 Å². The number of rotatable bonds is 7. The van der Waals surface area contributed by atoms with Crippen LogP contribution < -0.4 is 4.74 Å². The van der Waals surface area contributed by atoms with Crippen LogP contribution in [0.25, 0.3) is 11.5 Å². The van der Waals surface area contributed by atoms with Gasteiger partial charge in [-0.05, 0) is 36.4 Å². The van der Waals surface area contributed by atoms with Crippen LogP contribution in [0.2, 0.25) is 0 Å². The molecule has 1 aromatic heterocycles. The predicted octanol–water partition coefficient (Wildman–Crippen LogP) is 3.77. The Balaban J connectivity index is 1.67. The van der Waals surface area contributed by atoms with Crippen molar-refractivity contribution in [3.05, 3.63) is 66.1 Å². The maximum absolute atomic E-state index is 5.81. The lowest BCUT2D eigenvalue weighted by atomic mass is 10.2. The van der Waals surface area contributed by atoms with Crippen LogP contribution in [0.1, 0.15) is 18.4 Å². The number of aromatic nitrogens is 2. The zero-order chi connectivity index (χ0) is 16.8. The maximum atomic E-state index is 5.81. The minimum atomic E-state index is 0.531. The van der Waals surface area contributed by atoms with Gasteiger partial charge in [0.25, 0.3) is 0 Å². The molecule has 3 rings (SSSR count). The average Bonchev–Trinajstić information content (AvgIpc) is 3.10. The molecule has 0 aliphatic carbocycles. The summed E-state index contributed by atoms with van der Waals surface area (Å²) in [6, 6.07) is 18.0. The summed E-state index contributed by atoms with van der Waals surface area (Å²) in [7, 11) is 1.64. The van der Waals surface area contributed by atoms with E-state index in [2.05, 4.69) is 46.3 Å². The third kappa shape index (κ3) is 4.00. The van der Waals surface area contributed by atoms with E-state index in [1.807, 2.05) is 30.3 Å². The second-order valence-electron chi connectivity index (χ2n) is 5.52. The molecule has 1 heterocycles. The van der Waals surface area contributed by atoms with Crippen molar-refractivity contribution in [3.8, 4) is 17.2 Å². The second-order valence-corrected chi connectivity index (χ2v) is 5.52. The van der Waals surface area contributed by atoms with Crippen molar-refractivity contribution < 1.29 is 9.15 Å². The van der Waals surface area contributed by atoms with Crippen LogP contribution in [0.3, 0.4) is 0 Å². The molecule has 0 amide bonds. The van der Waals surface area contributed by atoms with Crippen molar-refractivity contribution in [3.63, 3.8) is 0 Å². The van der Waals surface area contributed by atoms with Crippen molar-refractivity contribution in [2.45, 2.75) is 20.0 Å². The number of hydrogen-bond acceptors (Lipinski definition) is 5. The molecule has 0 atom stereocenters. The molecular weight excluding hydrogens is 302 g/mol. The van der Waals surface area contributed by atoms with E-state index < -0.39 is 0 Å². The summed E-state index contributed by atoms with van der Waals surface area (Å²) >= 11 is 0. The van der Waals surface area contributed by atoms with Gasteiger partial charge in [-0.25, -0.2) is 0 Å². The van der Waals surface area contributed by atoms with E-state index in [4.69, 9.17) is 9.15 Å². The molecule has 0 aliphatic heterocycles. The summed E-state index contributed by atoms with van der Waals surface area (Å²) in [5.74, 6) is 1.96. The summed E-state index contributed by atoms with van der Waals surface area (Å²) in [6.07, 6.45) is 0. The first-order valence-corrected chi connectivity index (χ1v) is 8.01. The van der Waals surface area contributed by atoms with Crippen LogP contribution in [0.5, 0.6) is 5.75 Å². The molecule has 0 N–H and O–H groups in total. The van der Waals surface area contributed by atoms with E-state index in [0.29, 0.717) is 18.3 Å². The van der Waals surface area contributed by atoms with Crippen LogP contribution in [0.15, 0.2) is 59.0 Å². The first-order chi connectivity index (χ1) is 11.8. The Hall–Kier alpha value is -2.66. The predicted molar refractivity (Wildman–Crippen MR) is 92.5 cm³/mol. The van der Waals surface area contributed by atoms with Crippen molar-refractivity contribution in [1.29, 1.82) is 0 Å². The molecule has 0 saturated carbocycles. The van der Waals surface area contributed by atoms with Crippen LogP contribution >= 0.6 is 0 Å². The Morgan fingerprint density at radius 1 is 0.958 bits per heavy atom. The van der Waals surface area contributed by atoms with Gasteiger partial charge in [0.05, 0.1) is 13.7 Å². The van der Waals surface area contributed by atoms with E-state index in [9.17, 15) is 0 Å². The molecule has 24 heavy (non-hydrogen) atoms. The summed E-state index contributed by atoms with van der Waals surface area (Å²) in [5.41, 5.74) is 2.16. The van der Waals surface area contributed by atoms with Crippen molar-refractivity contribution in [2.75, 3.05) is 13.7 Å². The average molecular weight is 323 g/mol. The molecule has 0 spiro atoms.